The third-order valence-corrected chi connectivity index (χ3v) is 6.74. The maximum absolute atomic E-state index is 14.5. The fourth-order valence-electron chi connectivity index (χ4n) is 4.01. The van der Waals surface area contributed by atoms with E-state index in [9.17, 15) is 8.78 Å². The van der Waals surface area contributed by atoms with E-state index in [2.05, 4.69) is 17.0 Å². The van der Waals surface area contributed by atoms with Crippen LogP contribution in [0.2, 0.25) is 0 Å². The number of aryl methyl sites for hydroxylation is 1. The fraction of sp³-hybridized carbons (Fsp3) is 0.680. The van der Waals surface area contributed by atoms with Gasteiger partial charge in [-0.25, -0.2) is 9.67 Å². The predicted molar refractivity (Wildman–Crippen MR) is 129 cm³/mol. The minimum absolute atomic E-state index is 0.259. The second-order valence-corrected chi connectivity index (χ2v) is 10.1. The number of halogens is 2. The van der Waals surface area contributed by atoms with E-state index in [4.69, 9.17) is 14.0 Å². The zero-order valence-electron chi connectivity index (χ0n) is 21.6. The number of nitrogens with zero attached hydrogens (tertiary/aromatic N) is 3. The third kappa shape index (κ3) is 5.69. The summed E-state index contributed by atoms with van der Waals surface area (Å²) in [5, 5.41) is 4.24. The third-order valence-electron chi connectivity index (χ3n) is 6.74. The maximum atomic E-state index is 14.5. The molecule has 0 atom stereocenters. The highest BCUT2D eigenvalue weighted by Crippen LogP contribution is 2.37. The van der Waals surface area contributed by atoms with Gasteiger partial charge < -0.3 is 14.0 Å². The summed E-state index contributed by atoms with van der Waals surface area (Å²) >= 11 is 0. The van der Waals surface area contributed by atoms with Crippen molar-refractivity contribution in [3.05, 3.63) is 41.0 Å². The monoisotopic (exact) mass is 477 g/mol. The number of rotatable bonds is 11. The predicted octanol–water partition coefficient (Wildman–Crippen LogP) is 5.01. The van der Waals surface area contributed by atoms with Gasteiger partial charge in [-0.15, -0.1) is 5.10 Å². The maximum Gasteiger partial charge on any atom is 0.495 e. The Bertz CT molecular complexity index is 962. The van der Waals surface area contributed by atoms with Crippen molar-refractivity contribution in [2.45, 2.75) is 104 Å². The van der Waals surface area contributed by atoms with Crippen molar-refractivity contribution >= 4 is 12.6 Å². The van der Waals surface area contributed by atoms with Gasteiger partial charge in [-0.3, -0.25) is 0 Å². The molecule has 0 amide bonds. The van der Waals surface area contributed by atoms with E-state index in [1.807, 2.05) is 45.9 Å². The lowest BCUT2D eigenvalue weighted by atomic mass is 9.75. The van der Waals surface area contributed by atoms with Gasteiger partial charge >= 0.3 is 13.0 Å². The Labute approximate surface area is 202 Å². The first-order valence-corrected chi connectivity index (χ1v) is 12.2. The highest BCUT2D eigenvalue weighted by Gasteiger charge is 2.52. The van der Waals surface area contributed by atoms with E-state index >= 15 is 0 Å². The fourth-order valence-corrected chi connectivity index (χ4v) is 4.01. The molecule has 0 bridgehead atoms. The van der Waals surface area contributed by atoms with Crippen LogP contribution >= 0.6 is 0 Å². The van der Waals surface area contributed by atoms with Gasteiger partial charge in [0.15, 0.2) is 0 Å². The normalized spacial score (nSPS) is 17.5. The molecule has 6 nitrogen and oxygen atoms in total. The van der Waals surface area contributed by atoms with E-state index in [1.165, 1.54) is 0 Å². The molecule has 1 aliphatic rings. The molecule has 1 aromatic carbocycles. The molecule has 34 heavy (non-hydrogen) atoms. The Kier molecular flexibility index (Phi) is 8.20. The van der Waals surface area contributed by atoms with Crippen LogP contribution in [-0.4, -0.2) is 40.2 Å². The largest absolute Gasteiger partial charge is 0.495 e. The summed E-state index contributed by atoms with van der Waals surface area (Å²) in [6, 6.07) is 5.95. The molecule has 1 fully saturated rings. The molecule has 1 aromatic heterocycles. The first kappa shape index (κ1) is 26.8. The minimum Gasteiger partial charge on any atom is -0.399 e. The van der Waals surface area contributed by atoms with E-state index in [-0.39, 0.29) is 12.2 Å². The standard InChI is InChI=1S/C25H38BF2N3O3/c1-8-10-11-21-29-22(25(27,28)14-9-2)30-31(21)16-18-12-13-20(19(15-18)17-32-7)26-33-23(3,4)24(5,6)34-26/h12-13,15H,8-11,14,16-17H2,1-7H3. The van der Waals surface area contributed by atoms with Crippen LogP contribution < -0.4 is 5.46 Å². The molecule has 0 radical (unpaired) electrons. The van der Waals surface area contributed by atoms with Crippen molar-refractivity contribution in [2.24, 2.45) is 0 Å². The smallest absolute Gasteiger partial charge is 0.399 e. The van der Waals surface area contributed by atoms with Gasteiger partial charge in [0, 0.05) is 20.0 Å². The zero-order valence-corrected chi connectivity index (χ0v) is 21.6. The summed E-state index contributed by atoms with van der Waals surface area (Å²) in [7, 11) is 1.14. The van der Waals surface area contributed by atoms with E-state index in [0.29, 0.717) is 31.8 Å². The molecule has 188 valence electrons. The molecular formula is C25H38BF2N3O3. The lowest BCUT2D eigenvalue weighted by Gasteiger charge is -2.32. The molecule has 1 aliphatic heterocycles. The van der Waals surface area contributed by atoms with Crippen LogP contribution in [0.25, 0.3) is 0 Å². The number of alkyl halides is 2. The number of benzene rings is 1. The first-order valence-electron chi connectivity index (χ1n) is 12.2. The SMILES string of the molecule is CCCCc1nc(C(F)(F)CCC)nn1Cc1ccc(B2OC(C)(C)C(C)(C)O2)c(COC)c1. The number of methoxy groups -OCH3 is 1. The molecule has 9 heteroatoms. The summed E-state index contributed by atoms with van der Waals surface area (Å²) in [6.07, 6.45) is 2.54. The van der Waals surface area contributed by atoms with Crippen LogP contribution in [0.5, 0.6) is 0 Å². The Morgan fingerprint density at radius 1 is 1.09 bits per heavy atom. The molecule has 0 spiro atoms. The van der Waals surface area contributed by atoms with Crippen molar-refractivity contribution in [2.75, 3.05) is 7.11 Å². The number of ether oxygens (including phenoxy) is 1. The highest BCUT2D eigenvalue weighted by atomic mass is 19.3. The second-order valence-electron chi connectivity index (χ2n) is 10.1. The van der Waals surface area contributed by atoms with Crippen LogP contribution in [-0.2, 0) is 39.5 Å². The molecule has 1 saturated heterocycles. The molecule has 2 aromatic rings. The van der Waals surface area contributed by atoms with Crippen LogP contribution in [0.4, 0.5) is 8.78 Å². The quantitative estimate of drug-likeness (QED) is 0.426. The second kappa shape index (κ2) is 10.4. The lowest BCUT2D eigenvalue weighted by Crippen LogP contribution is -2.41. The molecular weight excluding hydrogens is 439 g/mol. The van der Waals surface area contributed by atoms with Crippen LogP contribution in [0.15, 0.2) is 18.2 Å². The van der Waals surface area contributed by atoms with Gasteiger partial charge in [0.25, 0.3) is 0 Å². The van der Waals surface area contributed by atoms with Crippen LogP contribution in [0.1, 0.15) is 90.0 Å². The Balaban J connectivity index is 1.91. The number of unbranched alkanes of at least 4 members (excludes halogenated alkanes) is 1. The van der Waals surface area contributed by atoms with Crippen molar-refractivity contribution in [1.29, 1.82) is 0 Å². The molecule has 3 rings (SSSR count). The summed E-state index contributed by atoms with van der Waals surface area (Å²) < 4.78 is 48.6. The topological polar surface area (TPSA) is 58.4 Å². The van der Waals surface area contributed by atoms with Crippen molar-refractivity contribution in [3.8, 4) is 0 Å². The lowest BCUT2D eigenvalue weighted by molar-refractivity contribution is -0.0232. The number of hydrogen-bond acceptors (Lipinski definition) is 5. The van der Waals surface area contributed by atoms with Crippen LogP contribution in [0, 0.1) is 0 Å². The average molecular weight is 477 g/mol. The van der Waals surface area contributed by atoms with E-state index in [1.54, 1.807) is 18.7 Å². The molecule has 0 unspecified atom stereocenters. The van der Waals surface area contributed by atoms with Gasteiger partial charge in [-0.1, -0.05) is 38.5 Å². The van der Waals surface area contributed by atoms with Gasteiger partial charge in [0.05, 0.1) is 24.4 Å². The summed E-state index contributed by atoms with van der Waals surface area (Å²) in [4.78, 5) is 4.24. The van der Waals surface area contributed by atoms with Gasteiger partial charge in [-0.05, 0) is 57.1 Å². The van der Waals surface area contributed by atoms with Gasteiger partial charge in [-0.2, -0.15) is 8.78 Å². The Morgan fingerprint density at radius 2 is 1.76 bits per heavy atom. The number of hydrogen-bond donors (Lipinski definition) is 0. The van der Waals surface area contributed by atoms with E-state index in [0.717, 1.165) is 29.4 Å². The summed E-state index contributed by atoms with van der Waals surface area (Å²) in [5.74, 6) is -2.81. The number of aromatic nitrogens is 3. The zero-order chi connectivity index (χ0) is 25.1. The van der Waals surface area contributed by atoms with Crippen molar-refractivity contribution in [1.82, 2.24) is 14.8 Å². The van der Waals surface area contributed by atoms with E-state index < -0.39 is 24.2 Å². The van der Waals surface area contributed by atoms with Gasteiger partial charge in [0.2, 0.25) is 5.82 Å². The summed E-state index contributed by atoms with van der Waals surface area (Å²) in [5.41, 5.74) is 1.88. The van der Waals surface area contributed by atoms with Crippen LogP contribution in [0.3, 0.4) is 0 Å². The Morgan fingerprint density at radius 3 is 2.35 bits per heavy atom. The first-order chi connectivity index (χ1) is 15.9. The molecule has 0 N–H and O–H groups in total. The Hall–Kier alpha value is -1.84. The molecule has 2 heterocycles. The molecule has 0 aliphatic carbocycles. The minimum atomic E-state index is -3.03. The molecule has 0 saturated carbocycles. The average Bonchev–Trinajstić information content (AvgIpc) is 3.24. The van der Waals surface area contributed by atoms with Crippen molar-refractivity contribution in [3.63, 3.8) is 0 Å². The van der Waals surface area contributed by atoms with Crippen molar-refractivity contribution < 1.29 is 22.8 Å². The summed E-state index contributed by atoms with van der Waals surface area (Å²) in [6.45, 7) is 12.6. The highest BCUT2D eigenvalue weighted by molar-refractivity contribution is 6.62. The van der Waals surface area contributed by atoms with Gasteiger partial charge in [0.1, 0.15) is 5.82 Å².